The fourth-order valence-electron chi connectivity index (χ4n) is 1.51. The SMILES string of the molecule is CC(C)C(N)C(=O)NCC(C)C1CC1. The number of hydrogen-bond acceptors (Lipinski definition) is 2. The standard InChI is InChI=1S/C11H22N2O/c1-7(2)10(12)11(14)13-6-8(3)9-4-5-9/h7-10H,4-6,12H2,1-3H3,(H,13,14). The van der Waals surface area contributed by atoms with Gasteiger partial charge in [0, 0.05) is 6.54 Å². The summed E-state index contributed by atoms with van der Waals surface area (Å²) in [7, 11) is 0. The third-order valence-electron chi connectivity index (χ3n) is 3.05. The van der Waals surface area contributed by atoms with Crippen LogP contribution in [0.5, 0.6) is 0 Å². The number of hydrogen-bond donors (Lipinski definition) is 2. The minimum absolute atomic E-state index is 0.00694. The maximum Gasteiger partial charge on any atom is 0.237 e. The Hall–Kier alpha value is -0.570. The van der Waals surface area contributed by atoms with Gasteiger partial charge in [-0.2, -0.15) is 0 Å². The molecule has 0 aromatic carbocycles. The maximum absolute atomic E-state index is 11.5. The quantitative estimate of drug-likeness (QED) is 0.696. The van der Waals surface area contributed by atoms with Crippen molar-refractivity contribution in [2.45, 2.75) is 39.7 Å². The number of amides is 1. The molecule has 3 heteroatoms. The molecule has 1 aliphatic rings. The Morgan fingerprint density at radius 2 is 2.00 bits per heavy atom. The first kappa shape index (κ1) is 11.5. The zero-order valence-corrected chi connectivity index (χ0v) is 9.42. The second-order valence-electron chi connectivity index (χ2n) is 4.83. The molecule has 3 N–H and O–H groups in total. The van der Waals surface area contributed by atoms with Crippen LogP contribution in [0.15, 0.2) is 0 Å². The molecule has 0 bridgehead atoms. The van der Waals surface area contributed by atoms with E-state index in [1.54, 1.807) is 0 Å². The van der Waals surface area contributed by atoms with E-state index in [4.69, 9.17) is 5.73 Å². The molecule has 0 saturated heterocycles. The second-order valence-corrected chi connectivity index (χ2v) is 4.83. The number of nitrogens with two attached hydrogens (primary N) is 1. The molecule has 2 atom stereocenters. The van der Waals surface area contributed by atoms with E-state index >= 15 is 0 Å². The second kappa shape index (κ2) is 4.78. The number of rotatable bonds is 5. The van der Waals surface area contributed by atoms with Gasteiger partial charge < -0.3 is 11.1 Å². The lowest BCUT2D eigenvalue weighted by Crippen LogP contribution is -2.45. The molecule has 0 aromatic rings. The first-order valence-corrected chi connectivity index (χ1v) is 5.55. The first-order chi connectivity index (χ1) is 6.52. The summed E-state index contributed by atoms with van der Waals surface area (Å²) in [6, 6.07) is -0.360. The fourth-order valence-corrected chi connectivity index (χ4v) is 1.51. The molecule has 1 aliphatic carbocycles. The van der Waals surface area contributed by atoms with Crippen molar-refractivity contribution < 1.29 is 4.79 Å². The van der Waals surface area contributed by atoms with E-state index in [2.05, 4.69) is 12.2 Å². The summed E-state index contributed by atoms with van der Waals surface area (Å²) < 4.78 is 0. The summed E-state index contributed by atoms with van der Waals surface area (Å²) >= 11 is 0. The summed E-state index contributed by atoms with van der Waals surface area (Å²) in [5.74, 6) is 1.66. The average molecular weight is 198 g/mol. The summed E-state index contributed by atoms with van der Waals surface area (Å²) in [4.78, 5) is 11.5. The summed E-state index contributed by atoms with van der Waals surface area (Å²) in [5.41, 5.74) is 5.73. The van der Waals surface area contributed by atoms with Gasteiger partial charge in [0.25, 0.3) is 0 Å². The molecule has 0 heterocycles. The van der Waals surface area contributed by atoms with Crippen molar-refractivity contribution in [3.05, 3.63) is 0 Å². The van der Waals surface area contributed by atoms with Gasteiger partial charge in [0.1, 0.15) is 0 Å². The lowest BCUT2D eigenvalue weighted by molar-refractivity contribution is -0.123. The molecule has 1 saturated carbocycles. The van der Waals surface area contributed by atoms with Crippen LogP contribution in [0.4, 0.5) is 0 Å². The number of carbonyl (C=O) groups is 1. The Morgan fingerprint density at radius 1 is 1.43 bits per heavy atom. The molecular formula is C11H22N2O. The highest BCUT2D eigenvalue weighted by Crippen LogP contribution is 2.36. The van der Waals surface area contributed by atoms with Crippen LogP contribution in [-0.4, -0.2) is 18.5 Å². The Bertz CT molecular complexity index is 199. The minimum Gasteiger partial charge on any atom is -0.354 e. The van der Waals surface area contributed by atoms with Gasteiger partial charge in [-0.25, -0.2) is 0 Å². The van der Waals surface area contributed by atoms with Gasteiger partial charge in [-0.3, -0.25) is 4.79 Å². The van der Waals surface area contributed by atoms with Gasteiger partial charge >= 0.3 is 0 Å². The maximum atomic E-state index is 11.5. The van der Waals surface area contributed by atoms with Gasteiger partial charge in [0.05, 0.1) is 6.04 Å². The highest BCUT2D eigenvalue weighted by Gasteiger charge is 2.28. The van der Waals surface area contributed by atoms with Crippen LogP contribution in [0.1, 0.15) is 33.6 Å². The average Bonchev–Trinajstić information content (AvgIpc) is 2.95. The zero-order valence-electron chi connectivity index (χ0n) is 9.42. The van der Waals surface area contributed by atoms with Crippen molar-refractivity contribution >= 4 is 5.91 Å². The third-order valence-corrected chi connectivity index (χ3v) is 3.05. The van der Waals surface area contributed by atoms with E-state index < -0.39 is 0 Å². The molecule has 14 heavy (non-hydrogen) atoms. The predicted octanol–water partition coefficient (Wildman–Crippen LogP) is 1.13. The smallest absolute Gasteiger partial charge is 0.237 e. The lowest BCUT2D eigenvalue weighted by atomic mass is 10.0. The highest BCUT2D eigenvalue weighted by molar-refractivity contribution is 5.81. The lowest BCUT2D eigenvalue weighted by Gasteiger charge is -2.17. The largest absolute Gasteiger partial charge is 0.354 e. The van der Waals surface area contributed by atoms with Crippen LogP contribution in [0.25, 0.3) is 0 Å². The zero-order chi connectivity index (χ0) is 10.7. The van der Waals surface area contributed by atoms with E-state index in [1.807, 2.05) is 13.8 Å². The van der Waals surface area contributed by atoms with E-state index in [0.29, 0.717) is 5.92 Å². The Labute approximate surface area is 86.4 Å². The monoisotopic (exact) mass is 198 g/mol. The molecule has 0 aromatic heterocycles. The third kappa shape index (κ3) is 3.29. The van der Waals surface area contributed by atoms with Crippen molar-refractivity contribution in [3.63, 3.8) is 0 Å². The molecule has 1 amide bonds. The van der Waals surface area contributed by atoms with Gasteiger partial charge in [-0.15, -0.1) is 0 Å². The predicted molar refractivity (Wildman–Crippen MR) is 57.7 cm³/mol. The molecule has 1 rings (SSSR count). The topological polar surface area (TPSA) is 55.1 Å². The van der Waals surface area contributed by atoms with Crippen LogP contribution >= 0.6 is 0 Å². The Kier molecular flexibility index (Phi) is 3.93. The van der Waals surface area contributed by atoms with Gasteiger partial charge in [-0.1, -0.05) is 20.8 Å². The highest BCUT2D eigenvalue weighted by atomic mass is 16.2. The fraction of sp³-hybridized carbons (Fsp3) is 0.909. The molecular weight excluding hydrogens is 176 g/mol. The first-order valence-electron chi connectivity index (χ1n) is 5.55. The summed E-state index contributed by atoms with van der Waals surface area (Å²) in [6.45, 7) is 6.91. The summed E-state index contributed by atoms with van der Waals surface area (Å²) in [6.07, 6.45) is 2.65. The van der Waals surface area contributed by atoms with Crippen molar-refractivity contribution in [2.24, 2.45) is 23.5 Å². The van der Waals surface area contributed by atoms with Crippen molar-refractivity contribution in [1.82, 2.24) is 5.32 Å². The van der Waals surface area contributed by atoms with E-state index in [-0.39, 0.29) is 17.9 Å². The molecule has 82 valence electrons. The molecule has 0 radical (unpaired) electrons. The van der Waals surface area contributed by atoms with Crippen LogP contribution < -0.4 is 11.1 Å². The van der Waals surface area contributed by atoms with E-state index in [0.717, 1.165) is 12.5 Å². The van der Waals surface area contributed by atoms with E-state index in [9.17, 15) is 4.79 Å². The number of nitrogens with one attached hydrogen (secondary N) is 1. The van der Waals surface area contributed by atoms with Gasteiger partial charge in [0.2, 0.25) is 5.91 Å². The van der Waals surface area contributed by atoms with Crippen LogP contribution in [0.3, 0.4) is 0 Å². The van der Waals surface area contributed by atoms with Crippen LogP contribution in [-0.2, 0) is 4.79 Å². The van der Waals surface area contributed by atoms with Crippen molar-refractivity contribution in [2.75, 3.05) is 6.54 Å². The molecule has 2 unspecified atom stereocenters. The Morgan fingerprint density at radius 3 is 2.43 bits per heavy atom. The minimum atomic E-state index is -0.360. The van der Waals surface area contributed by atoms with Gasteiger partial charge in [0.15, 0.2) is 0 Å². The normalized spacial score (nSPS) is 20.6. The Balaban J connectivity index is 2.19. The number of carbonyl (C=O) groups excluding carboxylic acids is 1. The van der Waals surface area contributed by atoms with E-state index in [1.165, 1.54) is 12.8 Å². The molecule has 0 aliphatic heterocycles. The van der Waals surface area contributed by atoms with Gasteiger partial charge in [-0.05, 0) is 30.6 Å². The van der Waals surface area contributed by atoms with Crippen molar-refractivity contribution in [3.8, 4) is 0 Å². The molecule has 0 spiro atoms. The van der Waals surface area contributed by atoms with Crippen LogP contribution in [0, 0.1) is 17.8 Å². The van der Waals surface area contributed by atoms with Crippen molar-refractivity contribution in [1.29, 1.82) is 0 Å². The molecule has 1 fully saturated rings. The summed E-state index contributed by atoms with van der Waals surface area (Å²) in [5, 5.41) is 2.92. The molecule has 3 nitrogen and oxygen atoms in total. The van der Waals surface area contributed by atoms with Crippen LogP contribution in [0.2, 0.25) is 0 Å².